The summed E-state index contributed by atoms with van der Waals surface area (Å²) in [5, 5.41) is 2.93. The van der Waals surface area contributed by atoms with Gasteiger partial charge in [-0.1, -0.05) is 0 Å². The van der Waals surface area contributed by atoms with Crippen molar-refractivity contribution in [3.63, 3.8) is 0 Å². The van der Waals surface area contributed by atoms with Gasteiger partial charge in [-0.25, -0.2) is 4.79 Å². The van der Waals surface area contributed by atoms with E-state index in [2.05, 4.69) is 10.3 Å². The molecular weight excluding hydrogens is 248 g/mol. The number of methoxy groups -OCH3 is 1. The van der Waals surface area contributed by atoms with Crippen molar-refractivity contribution in [3.05, 3.63) is 36.2 Å². The highest BCUT2D eigenvalue weighted by atomic mass is 16.5. The molecule has 0 spiro atoms. The summed E-state index contributed by atoms with van der Waals surface area (Å²) in [6.45, 7) is 2.03. The second-order valence-electron chi connectivity index (χ2n) is 3.61. The molecule has 100 valence electrons. The lowest BCUT2D eigenvalue weighted by molar-refractivity contribution is 0.0519. The summed E-state index contributed by atoms with van der Waals surface area (Å²) >= 11 is 0. The molecule has 19 heavy (non-hydrogen) atoms. The average Bonchev–Trinajstić information content (AvgIpc) is 2.88. The van der Waals surface area contributed by atoms with Gasteiger partial charge in [0.15, 0.2) is 5.69 Å². The molecule has 0 fully saturated rings. The molecule has 0 bridgehead atoms. The van der Waals surface area contributed by atoms with E-state index in [4.69, 9.17) is 13.9 Å². The molecule has 0 radical (unpaired) electrons. The van der Waals surface area contributed by atoms with Crippen molar-refractivity contribution in [1.82, 2.24) is 4.98 Å². The number of nitrogens with zero attached hydrogens (tertiary/aromatic N) is 1. The number of benzene rings is 1. The van der Waals surface area contributed by atoms with E-state index in [-0.39, 0.29) is 11.7 Å². The predicted octanol–water partition coefficient (Wildman–Crippen LogP) is 2.60. The first kappa shape index (κ1) is 12.9. The Hall–Kier alpha value is -2.50. The second-order valence-corrected chi connectivity index (χ2v) is 3.61. The van der Waals surface area contributed by atoms with Gasteiger partial charge in [-0.3, -0.25) is 0 Å². The van der Waals surface area contributed by atoms with E-state index in [0.29, 0.717) is 6.61 Å². The van der Waals surface area contributed by atoms with Crippen LogP contribution in [0.2, 0.25) is 0 Å². The predicted molar refractivity (Wildman–Crippen MR) is 68.7 cm³/mol. The fraction of sp³-hybridized carbons (Fsp3) is 0.231. The van der Waals surface area contributed by atoms with E-state index in [1.165, 1.54) is 6.26 Å². The fourth-order valence-corrected chi connectivity index (χ4v) is 1.43. The average molecular weight is 262 g/mol. The maximum absolute atomic E-state index is 11.4. The molecule has 0 saturated carbocycles. The molecule has 1 N–H and O–H groups in total. The Morgan fingerprint density at radius 3 is 2.74 bits per heavy atom. The Labute approximate surface area is 110 Å². The molecule has 2 aromatic rings. The van der Waals surface area contributed by atoms with Crippen LogP contribution in [0.5, 0.6) is 5.75 Å². The van der Waals surface area contributed by atoms with Gasteiger partial charge in [-0.05, 0) is 31.2 Å². The van der Waals surface area contributed by atoms with Crippen LogP contribution >= 0.6 is 0 Å². The van der Waals surface area contributed by atoms with Gasteiger partial charge in [-0.2, -0.15) is 4.98 Å². The number of esters is 1. The molecule has 6 heteroatoms. The number of aromatic nitrogens is 1. The zero-order chi connectivity index (χ0) is 13.7. The lowest BCUT2D eigenvalue weighted by Gasteiger charge is -2.03. The Morgan fingerprint density at radius 2 is 2.11 bits per heavy atom. The summed E-state index contributed by atoms with van der Waals surface area (Å²) in [5.74, 6) is 0.249. The Bertz CT molecular complexity index is 548. The van der Waals surface area contributed by atoms with E-state index in [1.54, 1.807) is 26.2 Å². The van der Waals surface area contributed by atoms with Crippen molar-refractivity contribution in [2.45, 2.75) is 6.92 Å². The quantitative estimate of drug-likeness (QED) is 0.835. The molecule has 1 aromatic heterocycles. The second kappa shape index (κ2) is 5.90. The largest absolute Gasteiger partial charge is 0.497 e. The number of rotatable bonds is 5. The number of oxazole rings is 1. The van der Waals surface area contributed by atoms with Gasteiger partial charge < -0.3 is 19.2 Å². The highest BCUT2D eigenvalue weighted by molar-refractivity contribution is 5.87. The van der Waals surface area contributed by atoms with Crippen LogP contribution in [0.3, 0.4) is 0 Å². The van der Waals surface area contributed by atoms with Crippen LogP contribution in [0.15, 0.2) is 34.9 Å². The molecule has 0 amide bonds. The van der Waals surface area contributed by atoms with Crippen LogP contribution in [0, 0.1) is 0 Å². The monoisotopic (exact) mass is 262 g/mol. The molecular formula is C13H14N2O4. The smallest absolute Gasteiger partial charge is 0.360 e. The highest BCUT2D eigenvalue weighted by Crippen LogP contribution is 2.19. The molecule has 6 nitrogen and oxygen atoms in total. The van der Waals surface area contributed by atoms with E-state index < -0.39 is 5.97 Å². The van der Waals surface area contributed by atoms with E-state index in [9.17, 15) is 4.79 Å². The summed E-state index contributed by atoms with van der Waals surface area (Å²) in [6, 6.07) is 7.46. The number of hydrogen-bond donors (Lipinski definition) is 1. The Kier molecular flexibility index (Phi) is 4.02. The lowest BCUT2D eigenvalue weighted by atomic mass is 10.3. The van der Waals surface area contributed by atoms with Crippen molar-refractivity contribution in [2.24, 2.45) is 0 Å². The topological polar surface area (TPSA) is 73.6 Å². The third-order valence-electron chi connectivity index (χ3n) is 2.33. The summed E-state index contributed by atoms with van der Waals surface area (Å²) in [7, 11) is 1.60. The molecule has 0 aliphatic heterocycles. The zero-order valence-corrected chi connectivity index (χ0v) is 10.7. The third-order valence-corrected chi connectivity index (χ3v) is 2.33. The first-order chi connectivity index (χ1) is 9.22. The molecule has 0 saturated heterocycles. The van der Waals surface area contributed by atoms with E-state index in [1.807, 2.05) is 12.1 Å². The summed E-state index contributed by atoms with van der Waals surface area (Å²) < 4.78 is 15.0. The van der Waals surface area contributed by atoms with Crippen molar-refractivity contribution in [2.75, 3.05) is 19.0 Å². The molecule has 1 aromatic carbocycles. The minimum atomic E-state index is -0.506. The normalized spacial score (nSPS) is 10.0. The molecule has 0 aliphatic rings. The number of carbonyl (C=O) groups is 1. The van der Waals surface area contributed by atoms with Gasteiger partial charge in [0.2, 0.25) is 0 Å². The maximum atomic E-state index is 11.4. The molecule has 0 aliphatic carbocycles. The first-order valence-electron chi connectivity index (χ1n) is 5.76. The molecule has 1 heterocycles. The van der Waals surface area contributed by atoms with Crippen molar-refractivity contribution in [1.29, 1.82) is 0 Å². The van der Waals surface area contributed by atoms with Gasteiger partial charge in [0.05, 0.1) is 13.7 Å². The molecule has 0 unspecified atom stereocenters. The van der Waals surface area contributed by atoms with Crippen LogP contribution in [0.4, 0.5) is 11.7 Å². The third kappa shape index (κ3) is 3.25. The summed E-state index contributed by atoms with van der Waals surface area (Å²) in [6.07, 6.45) is 1.25. The number of carbonyl (C=O) groups excluding carboxylic acids is 1. The van der Waals surface area contributed by atoms with Gasteiger partial charge in [-0.15, -0.1) is 0 Å². The number of anilines is 2. The highest BCUT2D eigenvalue weighted by Gasteiger charge is 2.13. The number of nitrogens with one attached hydrogen (secondary N) is 1. The van der Waals surface area contributed by atoms with Crippen LogP contribution < -0.4 is 10.1 Å². The van der Waals surface area contributed by atoms with Crippen LogP contribution in [0.1, 0.15) is 17.4 Å². The Morgan fingerprint density at radius 1 is 1.37 bits per heavy atom. The van der Waals surface area contributed by atoms with Crippen LogP contribution in [-0.4, -0.2) is 24.7 Å². The zero-order valence-electron chi connectivity index (χ0n) is 10.7. The minimum absolute atomic E-state index is 0.137. The maximum Gasteiger partial charge on any atom is 0.360 e. The summed E-state index contributed by atoms with van der Waals surface area (Å²) in [5.41, 5.74) is 0.913. The first-order valence-corrected chi connectivity index (χ1v) is 5.76. The van der Waals surface area contributed by atoms with Crippen molar-refractivity contribution >= 4 is 17.7 Å². The fourth-order valence-electron chi connectivity index (χ4n) is 1.43. The van der Waals surface area contributed by atoms with E-state index >= 15 is 0 Å². The number of ether oxygens (including phenoxy) is 2. The van der Waals surface area contributed by atoms with Gasteiger partial charge in [0, 0.05) is 5.69 Å². The standard InChI is InChI=1S/C13H14N2O4/c1-3-18-12(16)11-8-19-13(15-11)14-9-4-6-10(17-2)7-5-9/h4-8H,3H2,1-2H3,(H,14,15). The lowest BCUT2D eigenvalue weighted by Crippen LogP contribution is -2.04. The van der Waals surface area contributed by atoms with E-state index in [0.717, 1.165) is 11.4 Å². The Balaban J connectivity index is 2.04. The van der Waals surface area contributed by atoms with Gasteiger partial charge in [0.25, 0.3) is 6.01 Å². The van der Waals surface area contributed by atoms with Gasteiger partial charge in [0.1, 0.15) is 12.0 Å². The molecule has 2 rings (SSSR count). The molecule has 0 atom stereocenters. The SMILES string of the molecule is CCOC(=O)c1coc(Nc2ccc(OC)cc2)n1. The summed E-state index contributed by atoms with van der Waals surface area (Å²) in [4.78, 5) is 15.4. The van der Waals surface area contributed by atoms with Crippen molar-refractivity contribution < 1.29 is 18.7 Å². The number of hydrogen-bond acceptors (Lipinski definition) is 6. The minimum Gasteiger partial charge on any atom is -0.497 e. The van der Waals surface area contributed by atoms with Crippen LogP contribution in [-0.2, 0) is 4.74 Å². The van der Waals surface area contributed by atoms with Gasteiger partial charge >= 0.3 is 5.97 Å². The van der Waals surface area contributed by atoms with Crippen LogP contribution in [0.25, 0.3) is 0 Å². The van der Waals surface area contributed by atoms with Crippen molar-refractivity contribution in [3.8, 4) is 5.75 Å².